The first-order valence-electron chi connectivity index (χ1n) is 16.4. The van der Waals surface area contributed by atoms with Crippen LogP contribution in [0.5, 0.6) is 11.5 Å². The van der Waals surface area contributed by atoms with Crippen LogP contribution in [0.3, 0.4) is 0 Å². The minimum Gasteiger partial charge on any atom is -0.456 e. The number of fused-ring (bicyclic) bond motifs is 7. The maximum absolute atomic E-state index is 6.72. The fraction of sp³-hybridized carbons (Fsp3) is 0.167. The molecule has 1 aliphatic rings. The standard InChI is InChI=1S/C42H34N4OS/c1-23-15-18-27(35-24(2)16-19-30-38(35)47-34-14-10-7-11-29(34)42(30,5)6)21-28(23)37-26(4)22-43-40(45-37)36-25(3)17-20-33-39(36)48-41-44-31-12-8-9-13-32(31)46(33)41/h7-22H,1-6H3. The molecule has 9 rings (SSSR count). The Morgan fingerprint density at radius 2 is 1.44 bits per heavy atom. The number of aryl methyl sites for hydroxylation is 4. The van der Waals surface area contributed by atoms with E-state index in [0.717, 1.165) is 88.2 Å². The molecular formula is C42H34N4OS. The SMILES string of the molecule is Cc1ccc(-c2c(C)ccc3c2Oc2ccccc2C3(C)C)cc1-c1nc(-c2c(C)ccc3c2sc2nc4ccccc4n23)ncc1C. The third-order valence-corrected chi connectivity index (χ3v) is 11.2. The number of hydrogen-bond donors (Lipinski definition) is 0. The van der Waals surface area contributed by atoms with Gasteiger partial charge in [-0.05, 0) is 85.8 Å². The van der Waals surface area contributed by atoms with Gasteiger partial charge in [-0.1, -0.05) is 85.8 Å². The first kappa shape index (κ1) is 28.9. The Morgan fingerprint density at radius 1 is 0.688 bits per heavy atom. The topological polar surface area (TPSA) is 52.3 Å². The van der Waals surface area contributed by atoms with Crippen molar-refractivity contribution in [1.82, 2.24) is 19.4 Å². The smallest absolute Gasteiger partial charge is 0.195 e. The lowest BCUT2D eigenvalue weighted by Crippen LogP contribution is -2.24. The van der Waals surface area contributed by atoms with E-state index in [1.54, 1.807) is 11.3 Å². The number of thiazole rings is 1. The van der Waals surface area contributed by atoms with Crippen molar-refractivity contribution in [2.75, 3.05) is 0 Å². The normalized spacial score (nSPS) is 13.5. The van der Waals surface area contributed by atoms with E-state index in [4.69, 9.17) is 19.7 Å². The lowest BCUT2D eigenvalue weighted by Gasteiger charge is -2.36. The van der Waals surface area contributed by atoms with Crippen molar-refractivity contribution in [1.29, 1.82) is 0 Å². The van der Waals surface area contributed by atoms with Crippen LogP contribution in [-0.2, 0) is 5.41 Å². The second kappa shape index (κ2) is 10.3. The van der Waals surface area contributed by atoms with Crippen LogP contribution in [-0.4, -0.2) is 19.4 Å². The van der Waals surface area contributed by atoms with Crippen molar-refractivity contribution >= 4 is 37.5 Å². The van der Waals surface area contributed by atoms with Crippen molar-refractivity contribution in [3.8, 4) is 45.3 Å². The number of benzene rings is 5. The van der Waals surface area contributed by atoms with Crippen LogP contribution in [0.25, 0.3) is 60.0 Å². The average molecular weight is 643 g/mol. The zero-order valence-electron chi connectivity index (χ0n) is 27.8. The van der Waals surface area contributed by atoms with Gasteiger partial charge in [0.1, 0.15) is 11.5 Å². The van der Waals surface area contributed by atoms with Crippen molar-refractivity contribution in [3.05, 3.63) is 131 Å². The monoisotopic (exact) mass is 642 g/mol. The zero-order valence-corrected chi connectivity index (χ0v) is 28.7. The van der Waals surface area contributed by atoms with E-state index in [-0.39, 0.29) is 5.41 Å². The number of hydrogen-bond acceptors (Lipinski definition) is 5. The minimum absolute atomic E-state index is 0.188. The summed E-state index contributed by atoms with van der Waals surface area (Å²) in [4.78, 5) is 16.2. The van der Waals surface area contributed by atoms with E-state index in [2.05, 4.69) is 125 Å². The third kappa shape index (κ3) is 4.12. The van der Waals surface area contributed by atoms with Gasteiger partial charge in [0.05, 0.1) is 26.9 Å². The molecule has 4 heterocycles. The zero-order chi connectivity index (χ0) is 32.9. The minimum atomic E-state index is -0.188. The second-order valence-electron chi connectivity index (χ2n) is 13.5. The van der Waals surface area contributed by atoms with E-state index < -0.39 is 0 Å². The molecule has 0 amide bonds. The summed E-state index contributed by atoms with van der Waals surface area (Å²) >= 11 is 1.70. The van der Waals surface area contributed by atoms with Crippen LogP contribution >= 0.6 is 11.3 Å². The fourth-order valence-electron chi connectivity index (χ4n) is 7.46. The Kier molecular flexibility index (Phi) is 6.21. The average Bonchev–Trinajstić information content (AvgIpc) is 3.62. The Bertz CT molecular complexity index is 2630. The number of ether oxygens (including phenoxy) is 1. The van der Waals surface area contributed by atoms with Gasteiger partial charge >= 0.3 is 0 Å². The van der Waals surface area contributed by atoms with Gasteiger partial charge in [-0.25, -0.2) is 15.0 Å². The molecule has 3 aromatic heterocycles. The van der Waals surface area contributed by atoms with Gasteiger partial charge in [-0.2, -0.15) is 0 Å². The summed E-state index contributed by atoms with van der Waals surface area (Å²) in [7, 11) is 0. The van der Waals surface area contributed by atoms with Gasteiger partial charge in [0.15, 0.2) is 10.8 Å². The molecule has 48 heavy (non-hydrogen) atoms. The summed E-state index contributed by atoms with van der Waals surface area (Å²) in [5, 5.41) is 0. The number of rotatable bonds is 3. The fourth-order valence-corrected chi connectivity index (χ4v) is 8.69. The molecule has 8 aromatic rings. The molecule has 0 atom stereocenters. The largest absolute Gasteiger partial charge is 0.456 e. The van der Waals surface area contributed by atoms with E-state index in [1.165, 1.54) is 16.7 Å². The predicted molar refractivity (Wildman–Crippen MR) is 198 cm³/mol. The van der Waals surface area contributed by atoms with Gasteiger partial charge in [-0.15, -0.1) is 0 Å². The highest BCUT2D eigenvalue weighted by molar-refractivity contribution is 7.24. The summed E-state index contributed by atoms with van der Waals surface area (Å²) in [6.45, 7) is 13.1. The summed E-state index contributed by atoms with van der Waals surface area (Å²) in [5.74, 6) is 2.59. The highest BCUT2D eigenvalue weighted by Crippen LogP contribution is 2.52. The molecule has 5 nitrogen and oxygen atoms in total. The van der Waals surface area contributed by atoms with E-state index in [1.807, 2.05) is 18.3 Å². The quantitative estimate of drug-likeness (QED) is 0.192. The van der Waals surface area contributed by atoms with Crippen molar-refractivity contribution in [3.63, 3.8) is 0 Å². The lowest BCUT2D eigenvalue weighted by atomic mass is 9.74. The Balaban J connectivity index is 1.21. The Morgan fingerprint density at radius 3 is 2.31 bits per heavy atom. The van der Waals surface area contributed by atoms with Crippen LogP contribution in [0.4, 0.5) is 0 Å². The van der Waals surface area contributed by atoms with Gasteiger partial charge in [0.2, 0.25) is 0 Å². The van der Waals surface area contributed by atoms with Gasteiger partial charge < -0.3 is 4.74 Å². The molecule has 0 saturated carbocycles. The number of aromatic nitrogens is 4. The van der Waals surface area contributed by atoms with Gasteiger partial charge in [0, 0.05) is 39.4 Å². The van der Waals surface area contributed by atoms with Gasteiger partial charge in [0.25, 0.3) is 0 Å². The van der Waals surface area contributed by atoms with Crippen molar-refractivity contribution in [2.24, 2.45) is 0 Å². The molecule has 0 fully saturated rings. The molecule has 1 aliphatic heterocycles. The van der Waals surface area contributed by atoms with Crippen LogP contribution < -0.4 is 4.74 Å². The molecule has 0 radical (unpaired) electrons. The Labute approximate surface area is 283 Å². The van der Waals surface area contributed by atoms with Crippen LogP contribution in [0.2, 0.25) is 0 Å². The van der Waals surface area contributed by atoms with E-state index >= 15 is 0 Å². The lowest BCUT2D eigenvalue weighted by molar-refractivity contribution is 0.419. The molecule has 0 spiro atoms. The first-order valence-corrected chi connectivity index (χ1v) is 17.2. The van der Waals surface area contributed by atoms with Crippen molar-refractivity contribution in [2.45, 2.75) is 47.0 Å². The molecule has 6 heteroatoms. The number of imidazole rings is 1. The third-order valence-electron chi connectivity index (χ3n) is 10.1. The highest BCUT2D eigenvalue weighted by Gasteiger charge is 2.36. The van der Waals surface area contributed by atoms with Crippen molar-refractivity contribution < 1.29 is 4.74 Å². The van der Waals surface area contributed by atoms with E-state index in [9.17, 15) is 0 Å². The molecular weight excluding hydrogens is 609 g/mol. The molecule has 5 aromatic carbocycles. The second-order valence-corrected chi connectivity index (χ2v) is 14.5. The van der Waals surface area contributed by atoms with Crippen LogP contribution in [0, 0.1) is 27.7 Å². The molecule has 0 bridgehead atoms. The Hall–Kier alpha value is -5.33. The summed E-state index contributed by atoms with van der Waals surface area (Å²) < 4.78 is 10.1. The maximum Gasteiger partial charge on any atom is 0.195 e. The molecule has 0 saturated heterocycles. The summed E-state index contributed by atoms with van der Waals surface area (Å²) in [6, 6.07) is 32.2. The number of nitrogens with zero attached hydrogens (tertiary/aromatic N) is 4. The molecule has 0 aliphatic carbocycles. The number of para-hydroxylation sites is 3. The van der Waals surface area contributed by atoms with Crippen LogP contribution in [0.1, 0.15) is 47.2 Å². The van der Waals surface area contributed by atoms with Gasteiger partial charge in [-0.3, -0.25) is 4.40 Å². The molecule has 0 unspecified atom stereocenters. The maximum atomic E-state index is 6.72. The van der Waals surface area contributed by atoms with E-state index in [0.29, 0.717) is 0 Å². The highest BCUT2D eigenvalue weighted by atomic mass is 32.1. The molecule has 0 N–H and O–H groups in total. The predicted octanol–water partition coefficient (Wildman–Crippen LogP) is 11.2. The first-order chi connectivity index (χ1) is 23.2. The summed E-state index contributed by atoms with van der Waals surface area (Å²) in [5.41, 5.74) is 15.3. The summed E-state index contributed by atoms with van der Waals surface area (Å²) in [6.07, 6.45) is 1.97. The molecule has 234 valence electrons. The van der Waals surface area contributed by atoms with Crippen LogP contribution in [0.15, 0.2) is 97.2 Å².